The molecule has 0 aliphatic heterocycles. The molecule has 0 aromatic carbocycles. The number of hydrogen-bond donors (Lipinski definition) is 1. The molecule has 1 N–H and O–H groups in total. The Hall–Kier alpha value is -1.13. The Balaban J connectivity index is 1.86. The number of hydrogen-bond acceptors (Lipinski definition) is 3. The zero-order valence-corrected chi connectivity index (χ0v) is 11.3. The van der Waals surface area contributed by atoms with E-state index in [1.807, 2.05) is 6.20 Å². The Morgan fingerprint density at radius 2 is 2.24 bits per heavy atom. The number of nitrogens with zero attached hydrogens (tertiary/aromatic N) is 2. The van der Waals surface area contributed by atoms with E-state index in [1.165, 1.54) is 16.8 Å². The highest BCUT2D eigenvalue weighted by molar-refractivity contribution is 7.08. The van der Waals surface area contributed by atoms with Gasteiger partial charge < -0.3 is 5.32 Å². The molecule has 0 saturated heterocycles. The van der Waals surface area contributed by atoms with Crippen LogP contribution in [0, 0.1) is 6.92 Å². The Labute approximate surface area is 106 Å². The predicted octanol–water partition coefficient (Wildman–Crippen LogP) is 2.95. The summed E-state index contributed by atoms with van der Waals surface area (Å²) in [6.07, 6.45) is 3.00. The highest BCUT2D eigenvalue weighted by Gasteiger charge is 2.02. The quantitative estimate of drug-likeness (QED) is 0.853. The van der Waals surface area contributed by atoms with Crippen LogP contribution in [-0.2, 0) is 19.6 Å². The summed E-state index contributed by atoms with van der Waals surface area (Å²) in [5, 5.41) is 12.2. The van der Waals surface area contributed by atoms with Crippen LogP contribution in [0.4, 0.5) is 0 Å². The van der Waals surface area contributed by atoms with Gasteiger partial charge in [0.05, 0.1) is 5.69 Å². The van der Waals surface area contributed by atoms with Crippen molar-refractivity contribution in [2.45, 2.75) is 39.9 Å². The lowest BCUT2D eigenvalue weighted by molar-refractivity contribution is 0.549. The van der Waals surface area contributed by atoms with Gasteiger partial charge in [0.2, 0.25) is 0 Å². The summed E-state index contributed by atoms with van der Waals surface area (Å²) >= 11 is 1.77. The van der Waals surface area contributed by atoms with Crippen molar-refractivity contribution in [2.24, 2.45) is 0 Å². The largest absolute Gasteiger partial charge is 0.307 e. The number of thiophene rings is 1. The van der Waals surface area contributed by atoms with E-state index >= 15 is 0 Å². The van der Waals surface area contributed by atoms with Gasteiger partial charge >= 0.3 is 0 Å². The number of rotatable bonds is 6. The summed E-state index contributed by atoms with van der Waals surface area (Å²) < 4.78 is 2.08. The van der Waals surface area contributed by atoms with Gasteiger partial charge in [-0.15, -0.1) is 0 Å². The smallest absolute Gasteiger partial charge is 0.0522 e. The van der Waals surface area contributed by atoms with E-state index in [2.05, 4.69) is 45.8 Å². The molecule has 0 aliphatic rings. The van der Waals surface area contributed by atoms with Crippen LogP contribution in [0.25, 0.3) is 0 Å². The van der Waals surface area contributed by atoms with Crippen LogP contribution in [0.2, 0.25) is 0 Å². The predicted molar refractivity (Wildman–Crippen MR) is 72.1 cm³/mol. The molecular formula is C13H19N3S. The third kappa shape index (κ3) is 3.17. The average Bonchev–Trinajstić information content (AvgIpc) is 2.90. The highest BCUT2D eigenvalue weighted by Crippen LogP contribution is 2.13. The first kappa shape index (κ1) is 12.3. The minimum Gasteiger partial charge on any atom is -0.307 e. The molecule has 3 nitrogen and oxygen atoms in total. The van der Waals surface area contributed by atoms with E-state index in [0.717, 1.165) is 26.1 Å². The van der Waals surface area contributed by atoms with E-state index in [0.29, 0.717) is 0 Å². The van der Waals surface area contributed by atoms with Crippen molar-refractivity contribution in [2.75, 3.05) is 0 Å². The molecule has 4 heteroatoms. The van der Waals surface area contributed by atoms with Gasteiger partial charge in [0.25, 0.3) is 0 Å². The van der Waals surface area contributed by atoms with Gasteiger partial charge in [-0.25, -0.2) is 0 Å². The van der Waals surface area contributed by atoms with E-state index in [4.69, 9.17) is 0 Å². The molecule has 0 amide bonds. The van der Waals surface area contributed by atoms with E-state index in [1.54, 1.807) is 11.3 Å². The second-order valence-electron chi connectivity index (χ2n) is 4.23. The molecule has 2 rings (SSSR count). The first-order chi connectivity index (χ1) is 8.31. The van der Waals surface area contributed by atoms with Crippen molar-refractivity contribution >= 4 is 11.3 Å². The Bertz CT molecular complexity index is 459. The minimum absolute atomic E-state index is 0.884. The lowest BCUT2D eigenvalue weighted by Gasteiger charge is -2.07. The molecule has 0 radical (unpaired) electrons. The van der Waals surface area contributed by atoms with Crippen LogP contribution >= 0.6 is 11.3 Å². The zero-order chi connectivity index (χ0) is 12.1. The first-order valence-electron chi connectivity index (χ1n) is 6.04. The van der Waals surface area contributed by atoms with Crippen molar-refractivity contribution in [1.29, 1.82) is 0 Å². The van der Waals surface area contributed by atoms with Gasteiger partial charge in [-0.2, -0.15) is 16.4 Å². The van der Waals surface area contributed by atoms with Crippen molar-refractivity contribution in [3.8, 4) is 0 Å². The third-order valence-corrected chi connectivity index (χ3v) is 3.73. The summed E-state index contributed by atoms with van der Waals surface area (Å²) in [5.74, 6) is 0. The third-order valence-electron chi connectivity index (χ3n) is 2.82. The lowest BCUT2D eigenvalue weighted by Crippen LogP contribution is -2.16. The molecule has 0 unspecified atom stereocenters. The molecule has 17 heavy (non-hydrogen) atoms. The minimum atomic E-state index is 0.884. The molecule has 0 spiro atoms. The fourth-order valence-corrected chi connectivity index (χ4v) is 2.67. The summed E-state index contributed by atoms with van der Waals surface area (Å²) in [4.78, 5) is 0. The van der Waals surface area contributed by atoms with Gasteiger partial charge in [-0.3, -0.25) is 4.68 Å². The Kier molecular flexibility index (Phi) is 4.34. The number of aromatic nitrogens is 2. The van der Waals surface area contributed by atoms with Crippen molar-refractivity contribution in [3.63, 3.8) is 0 Å². The first-order valence-corrected chi connectivity index (χ1v) is 6.98. The second-order valence-corrected chi connectivity index (χ2v) is 4.97. The molecule has 0 fully saturated rings. The topological polar surface area (TPSA) is 29.9 Å². The fraction of sp³-hybridized carbons (Fsp3) is 0.462. The van der Waals surface area contributed by atoms with Crippen LogP contribution in [0.5, 0.6) is 0 Å². The van der Waals surface area contributed by atoms with Gasteiger partial charge in [0, 0.05) is 25.8 Å². The molecule has 2 aromatic heterocycles. The van der Waals surface area contributed by atoms with Gasteiger partial charge in [-0.1, -0.05) is 6.92 Å². The van der Waals surface area contributed by atoms with Crippen molar-refractivity contribution in [1.82, 2.24) is 15.1 Å². The van der Waals surface area contributed by atoms with Crippen molar-refractivity contribution in [3.05, 3.63) is 39.8 Å². The van der Waals surface area contributed by atoms with Crippen LogP contribution in [0.15, 0.2) is 23.0 Å². The van der Waals surface area contributed by atoms with E-state index in [-0.39, 0.29) is 0 Å². The highest BCUT2D eigenvalue weighted by atomic mass is 32.1. The summed E-state index contributed by atoms with van der Waals surface area (Å²) in [6, 6.07) is 2.09. The van der Waals surface area contributed by atoms with Crippen molar-refractivity contribution < 1.29 is 0 Å². The molecule has 0 saturated carbocycles. The molecular weight excluding hydrogens is 230 g/mol. The molecule has 0 atom stereocenters. The van der Waals surface area contributed by atoms with Gasteiger partial charge in [0.1, 0.15) is 0 Å². The van der Waals surface area contributed by atoms with E-state index in [9.17, 15) is 0 Å². The zero-order valence-electron chi connectivity index (χ0n) is 10.4. The second kappa shape index (κ2) is 5.98. The average molecular weight is 249 g/mol. The van der Waals surface area contributed by atoms with Crippen LogP contribution in [-0.4, -0.2) is 9.78 Å². The number of aryl methyl sites for hydroxylation is 2. The Morgan fingerprint density at radius 3 is 2.94 bits per heavy atom. The van der Waals surface area contributed by atoms with E-state index < -0.39 is 0 Å². The Morgan fingerprint density at radius 1 is 1.35 bits per heavy atom. The summed E-state index contributed by atoms with van der Waals surface area (Å²) in [6.45, 7) is 7.16. The molecule has 2 heterocycles. The van der Waals surface area contributed by atoms with Gasteiger partial charge in [-0.05, 0) is 41.3 Å². The molecule has 2 aromatic rings. The lowest BCUT2D eigenvalue weighted by atomic mass is 10.2. The number of nitrogens with one attached hydrogen (secondary N) is 1. The molecule has 92 valence electrons. The summed E-state index contributed by atoms with van der Waals surface area (Å²) in [5.41, 5.74) is 4.04. The maximum absolute atomic E-state index is 4.32. The van der Waals surface area contributed by atoms with Crippen LogP contribution in [0.1, 0.15) is 30.2 Å². The standard InChI is InChI=1S/C13H19N3S/c1-3-6-16-13(4-5-15-16)8-14-7-12-10-17-9-11(12)2/h4-5,9-10,14H,3,6-8H2,1-2H3. The normalized spacial score (nSPS) is 10.9. The summed E-state index contributed by atoms with van der Waals surface area (Å²) in [7, 11) is 0. The SMILES string of the molecule is CCCn1nccc1CNCc1cscc1C. The monoisotopic (exact) mass is 249 g/mol. The molecule has 0 bridgehead atoms. The van der Waals surface area contributed by atoms with Crippen LogP contribution < -0.4 is 5.32 Å². The maximum Gasteiger partial charge on any atom is 0.0522 e. The fourth-order valence-electron chi connectivity index (χ4n) is 1.82. The maximum atomic E-state index is 4.32. The van der Waals surface area contributed by atoms with Gasteiger partial charge in [0.15, 0.2) is 0 Å². The van der Waals surface area contributed by atoms with Crippen LogP contribution in [0.3, 0.4) is 0 Å². The molecule has 0 aliphatic carbocycles.